The fourth-order valence-electron chi connectivity index (χ4n) is 1.61. The largest absolute Gasteiger partial charge is 0.479 e. The topological polar surface area (TPSA) is 62.1 Å². The van der Waals surface area contributed by atoms with Gasteiger partial charge in [-0.3, -0.25) is 4.79 Å². The first kappa shape index (κ1) is 14.1. The van der Waals surface area contributed by atoms with Gasteiger partial charge in [-0.15, -0.1) is 0 Å². The molecule has 0 unspecified atom stereocenters. The van der Waals surface area contributed by atoms with Crippen LogP contribution >= 0.6 is 15.9 Å². The Balaban J connectivity index is 2.10. The fraction of sp³-hybridized carbons (Fsp3) is 0.0667. The van der Waals surface area contributed by atoms with Crippen molar-refractivity contribution < 1.29 is 9.53 Å². The van der Waals surface area contributed by atoms with E-state index in [9.17, 15) is 4.79 Å². The second-order valence-corrected chi connectivity index (χ2v) is 4.85. The molecule has 100 valence electrons. The number of carbonyl (C=O) groups excluding carboxylic acids is 1. The van der Waals surface area contributed by atoms with Gasteiger partial charge in [-0.1, -0.05) is 28.1 Å². The van der Waals surface area contributed by atoms with Crippen LogP contribution in [0.2, 0.25) is 0 Å². The van der Waals surface area contributed by atoms with Crippen molar-refractivity contribution >= 4 is 27.5 Å². The quantitative estimate of drug-likeness (QED) is 0.931. The molecule has 0 bridgehead atoms. The first-order chi connectivity index (χ1) is 9.69. The average Bonchev–Trinajstić information content (AvgIpc) is 2.45. The standard InChI is InChI=1S/C15H11BrN2O2/c16-12-4-1-3-11(9-12)15(19)18-13-5-2-6-14(10-13)20-8-7-17/h1-6,9-10H,8H2,(H,18,19). The summed E-state index contributed by atoms with van der Waals surface area (Å²) in [5, 5.41) is 11.2. The highest BCUT2D eigenvalue weighted by Gasteiger charge is 2.06. The molecule has 0 fully saturated rings. The predicted molar refractivity (Wildman–Crippen MR) is 79.6 cm³/mol. The van der Waals surface area contributed by atoms with Crippen LogP contribution in [0.25, 0.3) is 0 Å². The molecule has 1 N–H and O–H groups in total. The van der Waals surface area contributed by atoms with Crippen molar-refractivity contribution in [2.45, 2.75) is 0 Å². The number of nitrogens with zero attached hydrogens (tertiary/aromatic N) is 1. The summed E-state index contributed by atoms with van der Waals surface area (Å²) in [6.07, 6.45) is 0. The van der Waals surface area contributed by atoms with Crippen LogP contribution in [-0.4, -0.2) is 12.5 Å². The molecule has 2 rings (SSSR count). The zero-order valence-corrected chi connectivity index (χ0v) is 12.1. The molecule has 4 nitrogen and oxygen atoms in total. The number of carbonyl (C=O) groups is 1. The van der Waals surface area contributed by atoms with Gasteiger partial charge in [-0.2, -0.15) is 5.26 Å². The van der Waals surface area contributed by atoms with Crippen LogP contribution in [0, 0.1) is 11.3 Å². The van der Waals surface area contributed by atoms with Gasteiger partial charge in [0.1, 0.15) is 11.8 Å². The minimum Gasteiger partial charge on any atom is -0.479 e. The lowest BCUT2D eigenvalue weighted by Crippen LogP contribution is -2.11. The highest BCUT2D eigenvalue weighted by Crippen LogP contribution is 2.19. The highest BCUT2D eigenvalue weighted by atomic mass is 79.9. The van der Waals surface area contributed by atoms with Gasteiger partial charge >= 0.3 is 0 Å². The van der Waals surface area contributed by atoms with Crippen LogP contribution < -0.4 is 10.1 Å². The third-order valence-electron chi connectivity index (χ3n) is 2.48. The molecular formula is C15H11BrN2O2. The van der Waals surface area contributed by atoms with Crippen LogP contribution in [-0.2, 0) is 0 Å². The number of amides is 1. The Labute approximate surface area is 125 Å². The van der Waals surface area contributed by atoms with Crippen molar-refractivity contribution in [2.24, 2.45) is 0 Å². The van der Waals surface area contributed by atoms with Crippen LogP contribution in [0.4, 0.5) is 5.69 Å². The number of rotatable bonds is 4. The molecule has 0 saturated heterocycles. The Morgan fingerprint density at radius 1 is 1.25 bits per heavy atom. The van der Waals surface area contributed by atoms with E-state index in [2.05, 4.69) is 21.2 Å². The maximum Gasteiger partial charge on any atom is 0.255 e. The Morgan fingerprint density at radius 3 is 2.80 bits per heavy atom. The van der Waals surface area contributed by atoms with Crippen molar-refractivity contribution in [1.29, 1.82) is 5.26 Å². The second-order valence-electron chi connectivity index (χ2n) is 3.94. The van der Waals surface area contributed by atoms with E-state index >= 15 is 0 Å². The van der Waals surface area contributed by atoms with E-state index in [0.29, 0.717) is 17.0 Å². The number of halogens is 1. The lowest BCUT2D eigenvalue weighted by Gasteiger charge is -2.07. The molecule has 0 spiro atoms. The van der Waals surface area contributed by atoms with Gasteiger partial charge in [0, 0.05) is 21.8 Å². The molecule has 2 aromatic carbocycles. The summed E-state index contributed by atoms with van der Waals surface area (Å²) >= 11 is 3.33. The van der Waals surface area contributed by atoms with E-state index in [1.807, 2.05) is 12.1 Å². The van der Waals surface area contributed by atoms with Crippen molar-refractivity contribution in [3.05, 3.63) is 58.6 Å². The summed E-state index contributed by atoms with van der Waals surface area (Å²) < 4.78 is 6.03. The molecule has 0 radical (unpaired) electrons. The predicted octanol–water partition coefficient (Wildman–Crippen LogP) is 3.60. The summed E-state index contributed by atoms with van der Waals surface area (Å²) in [6, 6.07) is 15.9. The van der Waals surface area contributed by atoms with Gasteiger partial charge in [0.2, 0.25) is 0 Å². The molecule has 1 amide bonds. The normalized spacial score (nSPS) is 9.60. The van der Waals surface area contributed by atoms with Gasteiger partial charge in [0.15, 0.2) is 6.61 Å². The van der Waals surface area contributed by atoms with E-state index < -0.39 is 0 Å². The summed E-state index contributed by atoms with van der Waals surface area (Å²) in [6.45, 7) is -0.0248. The molecule has 0 heterocycles. The van der Waals surface area contributed by atoms with Gasteiger partial charge in [0.05, 0.1) is 0 Å². The first-order valence-corrected chi connectivity index (χ1v) is 6.65. The summed E-state index contributed by atoms with van der Waals surface area (Å²) in [5.74, 6) is 0.335. The third kappa shape index (κ3) is 3.84. The first-order valence-electron chi connectivity index (χ1n) is 5.86. The lowest BCUT2D eigenvalue weighted by molar-refractivity contribution is 0.102. The number of nitrogens with one attached hydrogen (secondary N) is 1. The van der Waals surface area contributed by atoms with E-state index in [1.165, 1.54) is 0 Å². The number of nitriles is 1. The number of hydrogen-bond donors (Lipinski definition) is 1. The minimum absolute atomic E-state index is 0.0248. The number of hydrogen-bond acceptors (Lipinski definition) is 3. The highest BCUT2D eigenvalue weighted by molar-refractivity contribution is 9.10. The zero-order valence-electron chi connectivity index (χ0n) is 10.5. The molecule has 0 aliphatic rings. The third-order valence-corrected chi connectivity index (χ3v) is 2.98. The number of anilines is 1. The van der Waals surface area contributed by atoms with Gasteiger partial charge in [-0.25, -0.2) is 0 Å². The van der Waals surface area contributed by atoms with Crippen molar-refractivity contribution in [2.75, 3.05) is 11.9 Å². The Hall–Kier alpha value is -2.32. The number of ether oxygens (including phenoxy) is 1. The minimum atomic E-state index is -0.205. The maximum atomic E-state index is 12.1. The van der Waals surface area contributed by atoms with Gasteiger partial charge in [-0.05, 0) is 30.3 Å². The van der Waals surface area contributed by atoms with Crippen molar-refractivity contribution in [3.8, 4) is 11.8 Å². The molecule has 2 aromatic rings. The van der Waals surface area contributed by atoms with E-state index in [4.69, 9.17) is 10.00 Å². The Kier molecular flexibility index (Phi) is 4.75. The van der Waals surface area contributed by atoms with Crippen LogP contribution in [0.15, 0.2) is 53.0 Å². The summed E-state index contributed by atoms with van der Waals surface area (Å²) in [5.41, 5.74) is 1.17. The maximum absolute atomic E-state index is 12.1. The molecule has 0 atom stereocenters. The SMILES string of the molecule is N#CCOc1cccc(NC(=O)c2cccc(Br)c2)c1. The summed E-state index contributed by atoms with van der Waals surface area (Å²) in [4.78, 5) is 12.1. The number of benzene rings is 2. The summed E-state index contributed by atoms with van der Waals surface area (Å²) in [7, 11) is 0. The molecule has 0 saturated carbocycles. The Bertz CT molecular complexity index is 665. The average molecular weight is 331 g/mol. The van der Waals surface area contributed by atoms with Crippen LogP contribution in [0.5, 0.6) is 5.75 Å². The van der Waals surface area contributed by atoms with E-state index in [1.54, 1.807) is 42.5 Å². The lowest BCUT2D eigenvalue weighted by atomic mass is 10.2. The molecule has 0 aliphatic carbocycles. The van der Waals surface area contributed by atoms with Gasteiger partial charge < -0.3 is 10.1 Å². The molecule has 0 aromatic heterocycles. The fourth-order valence-corrected chi connectivity index (χ4v) is 2.01. The monoisotopic (exact) mass is 330 g/mol. The van der Waals surface area contributed by atoms with Crippen LogP contribution in [0.3, 0.4) is 0 Å². The molecule has 0 aliphatic heterocycles. The van der Waals surface area contributed by atoms with Gasteiger partial charge in [0.25, 0.3) is 5.91 Å². The van der Waals surface area contributed by atoms with Crippen molar-refractivity contribution in [3.63, 3.8) is 0 Å². The molecule has 20 heavy (non-hydrogen) atoms. The van der Waals surface area contributed by atoms with E-state index in [-0.39, 0.29) is 12.5 Å². The smallest absolute Gasteiger partial charge is 0.255 e. The van der Waals surface area contributed by atoms with E-state index in [0.717, 1.165) is 4.47 Å². The molecule has 5 heteroatoms. The van der Waals surface area contributed by atoms with Crippen molar-refractivity contribution in [1.82, 2.24) is 0 Å². The van der Waals surface area contributed by atoms with Crippen LogP contribution in [0.1, 0.15) is 10.4 Å². The zero-order chi connectivity index (χ0) is 14.4. The second kappa shape index (κ2) is 6.73. The molecular weight excluding hydrogens is 320 g/mol. The Morgan fingerprint density at radius 2 is 2.05 bits per heavy atom.